The molecule has 0 saturated heterocycles. The van der Waals surface area contributed by atoms with Crippen molar-refractivity contribution in [2.24, 2.45) is 0 Å². The van der Waals surface area contributed by atoms with Crippen molar-refractivity contribution < 1.29 is 44.3 Å². The van der Waals surface area contributed by atoms with Crippen molar-refractivity contribution in [1.82, 2.24) is 5.32 Å². The Bertz CT molecular complexity index is 319. The SMILES string of the molecule is CCCCCC/C=C\CCCCCCCC(=O)NCC(=O)[O-].[Na+]. The second kappa shape index (κ2) is 19.7. The maximum Gasteiger partial charge on any atom is 1.00 e. The molecule has 0 unspecified atom stereocenters. The number of carboxylic acids is 1. The van der Waals surface area contributed by atoms with Crippen molar-refractivity contribution >= 4 is 11.9 Å². The number of unbranched alkanes of at least 4 members (excludes halogenated alkanes) is 9. The van der Waals surface area contributed by atoms with Gasteiger partial charge < -0.3 is 15.2 Å². The first-order valence-corrected chi connectivity index (χ1v) is 8.78. The first kappa shape index (κ1) is 24.9. The normalized spacial score (nSPS) is 10.5. The molecule has 0 aromatic carbocycles. The van der Waals surface area contributed by atoms with Crippen molar-refractivity contribution in [3.63, 3.8) is 0 Å². The molecular formula is C18H32NNaO3. The van der Waals surface area contributed by atoms with Crippen LogP contribution >= 0.6 is 0 Å². The van der Waals surface area contributed by atoms with Gasteiger partial charge in [-0.3, -0.25) is 4.79 Å². The van der Waals surface area contributed by atoms with Crippen LogP contribution in [0.25, 0.3) is 0 Å². The smallest absolute Gasteiger partial charge is 0.548 e. The maximum absolute atomic E-state index is 11.2. The van der Waals surface area contributed by atoms with E-state index in [4.69, 9.17) is 0 Å². The molecule has 0 fully saturated rings. The van der Waals surface area contributed by atoms with E-state index < -0.39 is 5.97 Å². The minimum Gasteiger partial charge on any atom is -0.548 e. The summed E-state index contributed by atoms with van der Waals surface area (Å²) in [7, 11) is 0. The van der Waals surface area contributed by atoms with E-state index in [-0.39, 0.29) is 42.0 Å². The van der Waals surface area contributed by atoms with Crippen LogP contribution in [0.4, 0.5) is 0 Å². The molecule has 1 amide bonds. The molecule has 0 spiro atoms. The van der Waals surface area contributed by atoms with E-state index in [2.05, 4.69) is 24.4 Å². The zero-order valence-electron chi connectivity index (χ0n) is 15.1. The van der Waals surface area contributed by atoms with Gasteiger partial charge >= 0.3 is 29.6 Å². The third-order valence-corrected chi connectivity index (χ3v) is 3.60. The Labute approximate surface area is 163 Å². The van der Waals surface area contributed by atoms with Gasteiger partial charge in [-0.2, -0.15) is 0 Å². The molecule has 0 radical (unpaired) electrons. The molecule has 4 nitrogen and oxygen atoms in total. The fraction of sp³-hybridized carbons (Fsp3) is 0.778. The Morgan fingerprint density at radius 1 is 0.870 bits per heavy atom. The van der Waals surface area contributed by atoms with Crippen molar-refractivity contribution in [3.05, 3.63) is 12.2 Å². The summed E-state index contributed by atoms with van der Waals surface area (Å²) >= 11 is 0. The fourth-order valence-corrected chi connectivity index (χ4v) is 2.26. The summed E-state index contributed by atoms with van der Waals surface area (Å²) in [4.78, 5) is 21.4. The number of allylic oxidation sites excluding steroid dienone is 2. The Morgan fingerprint density at radius 2 is 1.39 bits per heavy atom. The van der Waals surface area contributed by atoms with E-state index in [1.807, 2.05) is 0 Å². The van der Waals surface area contributed by atoms with Crippen molar-refractivity contribution in [3.8, 4) is 0 Å². The van der Waals surface area contributed by atoms with Crippen molar-refractivity contribution in [2.75, 3.05) is 6.54 Å². The van der Waals surface area contributed by atoms with Crippen LogP contribution in [0.2, 0.25) is 0 Å². The minimum atomic E-state index is -1.24. The Hall–Kier alpha value is -0.320. The third kappa shape index (κ3) is 21.7. The van der Waals surface area contributed by atoms with Crippen LogP contribution in [0, 0.1) is 0 Å². The summed E-state index contributed by atoms with van der Waals surface area (Å²) in [6.45, 7) is 1.85. The van der Waals surface area contributed by atoms with Crippen LogP contribution in [0.3, 0.4) is 0 Å². The second-order valence-corrected chi connectivity index (χ2v) is 5.78. The zero-order chi connectivity index (χ0) is 16.5. The fourth-order valence-electron chi connectivity index (χ4n) is 2.26. The van der Waals surface area contributed by atoms with E-state index in [1.165, 1.54) is 44.9 Å². The minimum absolute atomic E-state index is 0. The Kier molecular flexibility index (Phi) is 21.4. The summed E-state index contributed by atoms with van der Waals surface area (Å²) < 4.78 is 0. The monoisotopic (exact) mass is 333 g/mol. The molecule has 128 valence electrons. The van der Waals surface area contributed by atoms with E-state index in [0.717, 1.165) is 25.7 Å². The molecule has 0 atom stereocenters. The summed E-state index contributed by atoms with van der Waals surface area (Å²) in [5.74, 6) is -1.44. The second-order valence-electron chi connectivity index (χ2n) is 5.78. The van der Waals surface area contributed by atoms with Crippen LogP contribution in [0.1, 0.15) is 84.0 Å². The standard InChI is InChI=1S/C18H33NO3.Na/c1-2-3-4-5-6-7-8-9-10-11-12-13-14-15-17(20)19-16-18(21)22;/h7-8H,2-6,9-16H2,1H3,(H,19,20)(H,21,22);/q;+1/p-1/b8-7-;. The molecule has 0 aliphatic carbocycles. The number of nitrogens with one attached hydrogen (secondary N) is 1. The van der Waals surface area contributed by atoms with Crippen LogP contribution in [0.15, 0.2) is 12.2 Å². The van der Waals surface area contributed by atoms with Crippen molar-refractivity contribution in [1.29, 1.82) is 0 Å². The van der Waals surface area contributed by atoms with Gasteiger partial charge in [-0.05, 0) is 32.1 Å². The van der Waals surface area contributed by atoms with Crippen molar-refractivity contribution in [2.45, 2.75) is 84.0 Å². The van der Waals surface area contributed by atoms with Gasteiger partial charge in [0.2, 0.25) is 5.91 Å². The summed E-state index contributed by atoms with van der Waals surface area (Å²) in [6, 6.07) is 0. The topological polar surface area (TPSA) is 69.2 Å². The molecule has 0 heterocycles. The molecule has 0 rings (SSSR count). The van der Waals surface area contributed by atoms with E-state index >= 15 is 0 Å². The Balaban J connectivity index is 0. The predicted octanol–water partition coefficient (Wildman–Crippen LogP) is 0.114. The quantitative estimate of drug-likeness (QED) is 0.263. The molecule has 0 aromatic heterocycles. The average Bonchev–Trinajstić information content (AvgIpc) is 2.49. The number of hydrogen-bond donors (Lipinski definition) is 1. The van der Waals surface area contributed by atoms with Crippen LogP contribution in [-0.4, -0.2) is 18.4 Å². The van der Waals surface area contributed by atoms with Crippen LogP contribution < -0.4 is 40.0 Å². The van der Waals surface area contributed by atoms with Gasteiger partial charge in [-0.15, -0.1) is 0 Å². The first-order chi connectivity index (χ1) is 10.7. The number of amides is 1. The molecule has 0 aliphatic heterocycles. The van der Waals surface area contributed by atoms with Gasteiger partial charge in [0, 0.05) is 6.42 Å². The third-order valence-electron chi connectivity index (χ3n) is 3.60. The van der Waals surface area contributed by atoms with Crippen LogP contribution in [0.5, 0.6) is 0 Å². The maximum atomic E-state index is 11.2. The molecule has 0 saturated carbocycles. The predicted molar refractivity (Wildman–Crippen MR) is 88.2 cm³/mol. The number of carboxylic acid groups (broad SMARTS) is 1. The number of rotatable bonds is 15. The number of carbonyl (C=O) groups is 2. The van der Waals surface area contributed by atoms with Gasteiger partial charge in [0.05, 0.1) is 12.5 Å². The summed E-state index contributed by atoms with van der Waals surface area (Å²) in [5, 5.41) is 12.5. The molecule has 0 aliphatic rings. The van der Waals surface area contributed by atoms with E-state index in [1.54, 1.807) is 0 Å². The molecule has 0 bridgehead atoms. The average molecular weight is 333 g/mol. The van der Waals surface area contributed by atoms with Gasteiger partial charge in [0.15, 0.2) is 0 Å². The van der Waals surface area contributed by atoms with Crippen LogP contribution in [-0.2, 0) is 9.59 Å². The summed E-state index contributed by atoms with van der Waals surface area (Å²) in [6.07, 6.45) is 18.1. The number of hydrogen-bond acceptors (Lipinski definition) is 3. The van der Waals surface area contributed by atoms with Gasteiger partial charge in [0.1, 0.15) is 0 Å². The Morgan fingerprint density at radius 3 is 1.96 bits per heavy atom. The van der Waals surface area contributed by atoms with E-state index in [0.29, 0.717) is 6.42 Å². The molecule has 0 aromatic rings. The largest absolute Gasteiger partial charge is 1.00 e. The van der Waals surface area contributed by atoms with E-state index in [9.17, 15) is 14.7 Å². The van der Waals surface area contributed by atoms with Gasteiger partial charge in [0.25, 0.3) is 0 Å². The first-order valence-electron chi connectivity index (χ1n) is 8.78. The van der Waals surface area contributed by atoms with Gasteiger partial charge in [-0.1, -0.05) is 57.6 Å². The zero-order valence-corrected chi connectivity index (χ0v) is 17.1. The number of aliphatic carboxylic acids is 1. The van der Waals surface area contributed by atoms with Gasteiger partial charge in [-0.25, -0.2) is 0 Å². The molecule has 1 N–H and O–H groups in total. The molecule has 5 heteroatoms. The summed E-state index contributed by atoms with van der Waals surface area (Å²) in [5.41, 5.74) is 0. The number of carbonyl (C=O) groups excluding carboxylic acids is 2. The molecule has 23 heavy (non-hydrogen) atoms. The molecular weight excluding hydrogens is 301 g/mol.